The highest BCUT2D eigenvalue weighted by atomic mass is 35.5. The van der Waals surface area contributed by atoms with Gasteiger partial charge in [0.1, 0.15) is 0 Å². The first-order valence-corrected chi connectivity index (χ1v) is 8.04. The molecule has 0 aliphatic rings. The summed E-state index contributed by atoms with van der Waals surface area (Å²) in [6.45, 7) is 0. The first-order chi connectivity index (χ1) is 11.3. The lowest BCUT2D eigenvalue weighted by Gasteiger charge is -2.14. The van der Waals surface area contributed by atoms with Crippen molar-refractivity contribution in [3.8, 4) is 22.3 Å². The second kappa shape index (κ2) is 5.91. The van der Waals surface area contributed by atoms with E-state index in [-0.39, 0.29) is 0 Å². The van der Waals surface area contributed by atoms with Crippen LogP contribution in [-0.2, 0) is 0 Å². The number of hydrogen-bond donors (Lipinski definition) is 0. The summed E-state index contributed by atoms with van der Waals surface area (Å²) in [5.41, 5.74) is 4.89. The van der Waals surface area contributed by atoms with Crippen LogP contribution in [0.25, 0.3) is 33.0 Å². The topological polar surface area (TPSA) is 0 Å². The molecule has 0 N–H and O–H groups in total. The Morgan fingerprint density at radius 2 is 1.17 bits per heavy atom. The predicted octanol–water partition coefficient (Wildman–Crippen LogP) is 6.83. The normalized spacial score (nSPS) is 10.8. The van der Waals surface area contributed by atoms with Crippen LogP contribution in [0.15, 0.2) is 91.0 Å². The Morgan fingerprint density at radius 1 is 0.565 bits per heavy atom. The molecule has 0 nitrogen and oxygen atoms in total. The molecule has 0 amide bonds. The van der Waals surface area contributed by atoms with Gasteiger partial charge in [-0.1, -0.05) is 90.5 Å². The summed E-state index contributed by atoms with van der Waals surface area (Å²) in [5, 5.41) is 3.15. The van der Waals surface area contributed by atoms with Crippen LogP contribution in [0.1, 0.15) is 0 Å². The average molecular weight is 315 g/mol. The molecule has 0 atom stereocenters. The highest BCUT2D eigenvalue weighted by molar-refractivity contribution is 6.31. The maximum atomic E-state index is 6.28. The zero-order chi connectivity index (χ0) is 15.6. The van der Waals surface area contributed by atoms with E-state index in [0.29, 0.717) is 0 Å². The van der Waals surface area contributed by atoms with E-state index >= 15 is 0 Å². The van der Waals surface area contributed by atoms with Gasteiger partial charge in [0, 0.05) is 5.02 Å². The van der Waals surface area contributed by atoms with Gasteiger partial charge in [-0.25, -0.2) is 0 Å². The van der Waals surface area contributed by atoms with Gasteiger partial charge >= 0.3 is 0 Å². The summed E-state index contributed by atoms with van der Waals surface area (Å²) in [6, 6.07) is 31.5. The van der Waals surface area contributed by atoms with Crippen LogP contribution in [0.4, 0.5) is 0 Å². The van der Waals surface area contributed by atoms with Crippen LogP contribution in [0.5, 0.6) is 0 Å². The molecule has 0 spiro atoms. The summed E-state index contributed by atoms with van der Waals surface area (Å²) in [7, 11) is 0. The van der Waals surface area contributed by atoms with E-state index in [4.69, 9.17) is 11.6 Å². The molecule has 0 radical (unpaired) electrons. The molecule has 23 heavy (non-hydrogen) atoms. The molecule has 0 aromatic heterocycles. The van der Waals surface area contributed by atoms with Crippen molar-refractivity contribution < 1.29 is 0 Å². The molecule has 4 rings (SSSR count). The number of halogens is 1. The van der Waals surface area contributed by atoms with E-state index in [1.54, 1.807) is 0 Å². The lowest BCUT2D eigenvalue weighted by Crippen LogP contribution is -1.88. The number of hydrogen-bond acceptors (Lipinski definition) is 0. The lowest BCUT2D eigenvalue weighted by molar-refractivity contribution is 1.61. The fourth-order valence-electron chi connectivity index (χ4n) is 3.07. The van der Waals surface area contributed by atoms with Crippen LogP contribution in [0, 0.1) is 0 Å². The van der Waals surface area contributed by atoms with Gasteiger partial charge in [0.2, 0.25) is 0 Å². The van der Waals surface area contributed by atoms with E-state index in [2.05, 4.69) is 72.8 Å². The first-order valence-electron chi connectivity index (χ1n) is 7.66. The zero-order valence-electron chi connectivity index (χ0n) is 12.5. The van der Waals surface area contributed by atoms with Gasteiger partial charge in [-0.2, -0.15) is 0 Å². The van der Waals surface area contributed by atoms with Crippen LogP contribution in [0.2, 0.25) is 5.02 Å². The SMILES string of the molecule is Clc1ccc2ccc(-c3ccccc3)c(-c3ccccc3)c2c1. The van der Waals surface area contributed by atoms with Crippen molar-refractivity contribution in [3.05, 3.63) is 96.0 Å². The molecule has 0 aliphatic carbocycles. The van der Waals surface area contributed by atoms with E-state index in [1.165, 1.54) is 33.0 Å². The second-order valence-corrected chi connectivity index (χ2v) is 6.02. The Balaban J connectivity index is 2.11. The molecular formula is C22H15Cl. The maximum Gasteiger partial charge on any atom is 0.0412 e. The highest BCUT2D eigenvalue weighted by Crippen LogP contribution is 2.38. The Morgan fingerprint density at radius 3 is 1.87 bits per heavy atom. The monoisotopic (exact) mass is 314 g/mol. The van der Waals surface area contributed by atoms with Crippen molar-refractivity contribution in [2.45, 2.75) is 0 Å². The van der Waals surface area contributed by atoms with Crippen molar-refractivity contribution >= 4 is 22.4 Å². The predicted molar refractivity (Wildman–Crippen MR) is 99.8 cm³/mol. The van der Waals surface area contributed by atoms with E-state index < -0.39 is 0 Å². The van der Waals surface area contributed by atoms with Crippen molar-refractivity contribution in [2.24, 2.45) is 0 Å². The molecule has 0 fully saturated rings. The van der Waals surface area contributed by atoms with Crippen LogP contribution in [-0.4, -0.2) is 0 Å². The summed E-state index contributed by atoms with van der Waals surface area (Å²) in [6.07, 6.45) is 0. The Kier molecular flexibility index (Phi) is 3.61. The zero-order valence-corrected chi connectivity index (χ0v) is 13.3. The van der Waals surface area contributed by atoms with Crippen molar-refractivity contribution in [2.75, 3.05) is 0 Å². The van der Waals surface area contributed by atoms with Gasteiger partial charge in [-0.15, -0.1) is 0 Å². The largest absolute Gasteiger partial charge is 0.0843 e. The van der Waals surface area contributed by atoms with Gasteiger partial charge < -0.3 is 0 Å². The number of benzene rings is 4. The van der Waals surface area contributed by atoms with Gasteiger partial charge in [0.05, 0.1) is 0 Å². The smallest absolute Gasteiger partial charge is 0.0412 e. The minimum Gasteiger partial charge on any atom is -0.0843 e. The van der Waals surface area contributed by atoms with Gasteiger partial charge in [-0.3, -0.25) is 0 Å². The standard InChI is InChI=1S/C22H15Cl/c23-19-13-11-17-12-14-20(16-7-3-1-4-8-16)22(21(17)15-19)18-9-5-2-6-10-18/h1-15H. The molecule has 0 heterocycles. The number of fused-ring (bicyclic) bond motifs is 1. The minimum atomic E-state index is 0.764. The first kappa shape index (κ1) is 14.0. The van der Waals surface area contributed by atoms with Crippen LogP contribution in [0.3, 0.4) is 0 Å². The third kappa shape index (κ3) is 2.62. The van der Waals surface area contributed by atoms with Crippen LogP contribution < -0.4 is 0 Å². The van der Waals surface area contributed by atoms with E-state index in [1.807, 2.05) is 18.2 Å². The summed E-state index contributed by atoms with van der Waals surface area (Å²) in [5.74, 6) is 0. The molecule has 0 saturated heterocycles. The molecule has 0 bridgehead atoms. The quantitative estimate of drug-likeness (QED) is 0.380. The third-order valence-corrected chi connectivity index (χ3v) is 4.37. The molecule has 0 aliphatic heterocycles. The molecular weight excluding hydrogens is 300 g/mol. The minimum absolute atomic E-state index is 0.764. The van der Waals surface area contributed by atoms with Gasteiger partial charge in [0.15, 0.2) is 0 Å². The Bertz CT molecular complexity index is 957. The number of rotatable bonds is 2. The molecule has 4 aromatic rings. The fourth-order valence-corrected chi connectivity index (χ4v) is 3.24. The summed E-state index contributed by atoms with van der Waals surface area (Å²) in [4.78, 5) is 0. The molecule has 110 valence electrons. The second-order valence-electron chi connectivity index (χ2n) is 5.59. The molecule has 0 unspecified atom stereocenters. The average Bonchev–Trinajstić information content (AvgIpc) is 2.62. The van der Waals surface area contributed by atoms with Crippen molar-refractivity contribution in [1.29, 1.82) is 0 Å². The van der Waals surface area contributed by atoms with E-state index in [0.717, 1.165) is 5.02 Å². The van der Waals surface area contributed by atoms with Gasteiger partial charge in [0.25, 0.3) is 0 Å². The van der Waals surface area contributed by atoms with Gasteiger partial charge in [-0.05, 0) is 45.2 Å². The van der Waals surface area contributed by atoms with Crippen LogP contribution >= 0.6 is 11.6 Å². The summed E-state index contributed by atoms with van der Waals surface area (Å²) >= 11 is 6.28. The Hall–Kier alpha value is -2.57. The molecule has 0 saturated carbocycles. The lowest BCUT2D eigenvalue weighted by atomic mass is 9.90. The highest BCUT2D eigenvalue weighted by Gasteiger charge is 2.11. The van der Waals surface area contributed by atoms with E-state index in [9.17, 15) is 0 Å². The fraction of sp³-hybridized carbons (Fsp3) is 0. The Labute approximate surface area is 141 Å². The molecule has 1 heteroatoms. The van der Waals surface area contributed by atoms with Crippen molar-refractivity contribution in [1.82, 2.24) is 0 Å². The van der Waals surface area contributed by atoms with Crippen molar-refractivity contribution in [3.63, 3.8) is 0 Å². The third-order valence-electron chi connectivity index (χ3n) is 4.13. The molecule has 4 aromatic carbocycles. The summed E-state index contributed by atoms with van der Waals surface area (Å²) < 4.78 is 0. The maximum absolute atomic E-state index is 6.28.